The van der Waals surface area contributed by atoms with Crippen molar-refractivity contribution in [3.05, 3.63) is 41.5 Å². The van der Waals surface area contributed by atoms with Crippen molar-refractivity contribution in [1.82, 2.24) is 0 Å². The normalized spacial score (nSPS) is 29.4. The number of allylic oxidation sites excluding steroid dienone is 2. The number of fused-ring (bicyclic) bond motifs is 2. The third-order valence-corrected chi connectivity index (χ3v) is 4.11. The molecule has 3 heteroatoms. The van der Waals surface area contributed by atoms with E-state index in [1.165, 1.54) is 5.57 Å². The molecule has 1 heterocycles. The summed E-state index contributed by atoms with van der Waals surface area (Å²) in [6, 6.07) is 10.0. The Labute approximate surface area is 106 Å². The van der Waals surface area contributed by atoms with Crippen molar-refractivity contribution in [3.8, 4) is 6.07 Å². The van der Waals surface area contributed by atoms with Crippen LogP contribution in [0.2, 0.25) is 0 Å². The van der Waals surface area contributed by atoms with E-state index in [1.54, 1.807) is 0 Å². The number of para-hydroxylation sites is 1. The number of benzene rings is 1. The zero-order chi connectivity index (χ0) is 12.8. The fourth-order valence-electron chi connectivity index (χ4n) is 3.10. The van der Waals surface area contributed by atoms with Gasteiger partial charge in [-0.05, 0) is 31.4 Å². The number of nitrogens with one attached hydrogen (secondary N) is 1. The van der Waals surface area contributed by atoms with Crippen LogP contribution in [-0.4, -0.2) is 5.91 Å². The van der Waals surface area contributed by atoms with Crippen molar-refractivity contribution in [2.45, 2.75) is 25.2 Å². The van der Waals surface area contributed by atoms with Crippen LogP contribution in [0.3, 0.4) is 0 Å². The SMILES string of the molecule is CC1=CCC2(C(=O)Nc3ccccc32)C(C#N)C1. The number of nitriles is 1. The average Bonchev–Trinajstić information content (AvgIpc) is 2.66. The van der Waals surface area contributed by atoms with Gasteiger partial charge in [0.1, 0.15) is 0 Å². The molecule has 0 saturated heterocycles. The molecule has 0 aromatic heterocycles. The summed E-state index contributed by atoms with van der Waals surface area (Å²) in [5.74, 6) is -0.301. The molecular formula is C15H14N2O. The van der Waals surface area contributed by atoms with E-state index in [2.05, 4.69) is 17.5 Å². The lowest BCUT2D eigenvalue weighted by Gasteiger charge is -2.34. The highest BCUT2D eigenvalue weighted by molar-refractivity contribution is 6.07. The van der Waals surface area contributed by atoms with Crippen molar-refractivity contribution in [2.75, 3.05) is 5.32 Å². The zero-order valence-corrected chi connectivity index (χ0v) is 10.2. The molecule has 3 nitrogen and oxygen atoms in total. The molecule has 1 aliphatic heterocycles. The Hall–Kier alpha value is -2.08. The van der Waals surface area contributed by atoms with Gasteiger partial charge in [0.05, 0.1) is 17.4 Å². The van der Waals surface area contributed by atoms with Gasteiger partial charge in [-0.25, -0.2) is 0 Å². The van der Waals surface area contributed by atoms with E-state index < -0.39 is 5.41 Å². The molecule has 2 aliphatic rings. The topological polar surface area (TPSA) is 52.9 Å². The number of hydrogen-bond donors (Lipinski definition) is 1. The minimum Gasteiger partial charge on any atom is -0.325 e. The van der Waals surface area contributed by atoms with E-state index in [-0.39, 0.29) is 11.8 Å². The van der Waals surface area contributed by atoms with Crippen LogP contribution in [0.1, 0.15) is 25.3 Å². The van der Waals surface area contributed by atoms with Crippen molar-refractivity contribution in [3.63, 3.8) is 0 Å². The van der Waals surface area contributed by atoms with Crippen LogP contribution in [0.5, 0.6) is 0 Å². The first-order valence-corrected chi connectivity index (χ1v) is 6.14. The van der Waals surface area contributed by atoms with Crippen LogP contribution < -0.4 is 5.32 Å². The maximum Gasteiger partial charge on any atom is 0.236 e. The molecular weight excluding hydrogens is 224 g/mol. The highest BCUT2D eigenvalue weighted by Crippen LogP contribution is 2.49. The second kappa shape index (κ2) is 3.71. The fourth-order valence-corrected chi connectivity index (χ4v) is 3.10. The monoisotopic (exact) mass is 238 g/mol. The van der Waals surface area contributed by atoms with Crippen LogP contribution in [0.15, 0.2) is 35.9 Å². The van der Waals surface area contributed by atoms with Gasteiger partial charge in [-0.3, -0.25) is 4.79 Å². The third kappa shape index (κ3) is 1.26. The van der Waals surface area contributed by atoms with Gasteiger partial charge in [-0.15, -0.1) is 0 Å². The van der Waals surface area contributed by atoms with E-state index in [0.29, 0.717) is 12.8 Å². The third-order valence-electron chi connectivity index (χ3n) is 4.11. The molecule has 2 atom stereocenters. The highest BCUT2D eigenvalue weighted by Gasteiger charge is 2.52. The molecule has 0 bridgehead atoms. The van der Waals surface area contributed by atoms with Crippen molar-refractivity contribution >= 4 is 11.6 Å². The fraction of sp³-hybridized carbons (Fsp3) is 0.333. The van der Waals surface area contributed by atoms with Gasteiger partial charge in [0.2, 0.25) is 5.91 Å². The first-order chi connectivity index (χ1) is 8.68. The molecule has 1 amide bonds. The standard InChI is InChI=1S/C15H14N2O/c1-10-6-7-15(11(8-10)9-16)12-4-2-3-5-13(12)17-14(15)18/h2-6,11H,7-8H2,1H3,(H,17,18). The van der Waals surface area contributed by atoms with Gasteiger partial charge in [-0.2, -0.15) is 5.26 Å². The van der Waals surface area contributed by atoms with Crippen molar-refractivity contribution in [2.24, 2.45) is 5.92 Å². The second-order valence-corrected chi connectivity index (χ2v) is 5.11. The molecule has 90 valence electrons. The Bertz CT molecular complexity index is 597. The summed E-state index contributed by atoms with van der Waals surface area (Å²) in [6.45, 7) is 2.02. The predicted molar refractivity (Wildman–Crippen MR) is 68.8 cm³/mol. The zero-order valence-electron chi connectivity index (χ0n) is 10.2. The Morgan fingerprint density at radius 3 is 3.00 bits per heavy atom. The van der Waals surface area contributed by atoms with Gasteiger partial charge < -0.3 is 5.32 Å². The molecule has 1 aromatic carbocycles. The Morgan fingerprint density at radius 2 is 2.22 bits per heavy atom. The van der Waals surface area contributed by atoms with Crippen molar-refractivity contribution in [1.29, 1.82) is 5.26 Å². The van der Waals surface area contributed by atoms with Gasteiger partial charge in [0.25, 0.3) is 0 Å². The number of nitrogens with zero attached hydrogens (tertiary/aromatic N) is 1. The largest absolute Gasteiger partial charge is 0.325 e. The molecule has 3 rings (SSSR count). The maximum absolute atomic E-state index is 12.4. The predicted octanol–water partition coefficient (Wildman–Crippen LogP) is 2.76. The quantitative estimate of drug-likeness (QED) is 0.706. The highest BCUT2D eigenvalue weighted by atomic mass is 16.2. The summed E-state index contributed by atoms with van der Waals surface area (Å²) in [5, 5.41) is 12.3. The van der Waals surface area contributed by atoms with Crippen LogP contribution in [-0.2, 0) is 10.2 Å². The lowest BCUT2D eigenvalue weighted by Crippen LogP contribution is -2.42. The average molecular weight is 238 g/mol. The van der Waals surface area contributed by atoms with E-state index in [9.17, 15) is 10.1 Å². The second-order valence-electron chi connectivity index (χ2n) is 5.11. The van der Waals surface area contributed by atoms with Crippen LogP contribution in [0, 0.1) is 17.2 Å². The molecule has 1 N–H and O–H groups in total. The van der Waals surface area contributed by atoms with Crippen LogP contribution >= 0.6 is 0 Å². The smallest absolute Gasteiger partial charge is 0.236 e. The Kier molecular flexibility index (Phi) is 2.27. The van der Waals surface area contributed by atoms with Crippen molar-refractivity contribution < 1.29 is 4.79 Å². The molecule has 0 fully saturated rings. The van der Waals surface area contributed by atoms with Crippen LogP contribution in [0.4, 0.5) is 5.69 Å². The molecule has 1 aliphatic carbocycles. The van der Waals surface area contributed by atoms with E-state index in [4.69, 9.17) is 0 Å². The summed E-state index contributed by atoms with van der Waals surface area (Å²) < 4.78 is 0. The molecule has 18 heavy (non-hydrogen) atoms. The molecule has 1 spiro atoms. The number of carbonyl (C=O) groups is 1. The molecule has 2 unspecified atom stereocenters. The number of rotatable bonds is 0. The van der Waals surface area contributed by atoms with Gasteiger partial charge >= 0.3 is 0 Å². The summed E-state index contributed by atoms with van der Waals surface area (Å²) in [7, 11) is 0. The first kappa shape index (κ1) is 11.0. The summed E-state index contributed by atoms with van der Waals surface area (Å²) >= 11 is 0. The minimum absolute atomic E-state index is 0.0287. The van der Waals surface area contributed by atoms with Crippen LogP contribution in [0.25, 0.3) is 0 Å². The lowest BCUT2D eigenvalue weighted by molar-refractivity contribution is -0.122. The molecule has 0 radical (unpaired) electrons. The summed E-state index contributed by atoms with van der Waals surface area (Å²) in [4.78, 5) is 12.4. The Morgan fingerprint density at radius 1 is 1.44 bits per heavy atom. The van der Waals surface area contributed by atoms with E-state index >= 15 is 0 Å². The summed E-state index contributed by atoms with van der Waals surface area (Å²) in [5.41, 5.74) is 2.36. The van der Waals surface area contributed by atoms with E-state index in [1.807, 2.05) is 31.2 Å². The first-order valence-electron chi connectivity index (χ1n) is 6.14. The van der Waals surface area contributed by atoms with Gasteiger partial charge in [0.15, 0.2) is 0 Å². The number of carbonyl (C=O) groups excluding carboxylic acids is 1. The lowest BCUT2D eigenvalue weighted by atomic mass is 9.64. The minimum atomic E-state index is -0.676. The van der Waals surface area contributed by atoms with Gasteiger partial charge in [0, 0.05) is 5.69 Å². The number of amides is 1. The maximum atomic E-state index is 12.4. The number of anilines is 1. The molecule has 1 aromatic rings. The summed E-state index contributed by atoms with van der Waals surface area (Å²) in [6.07, 6.45) is 3.40. The molecule has 0 saturated carbocycles. The Balaban J connectivity index is 2.20. The van der Waals surface area contributed by atoms with E-state index in [0.717, 1.165) is 11.3 Å². The number of hydrogen-bond acceptors (Lipinski definition) is 2. The van der Waals surface area contributed by atoms with Gasteiger partial charge in [-0.1, -0.05) is 29.8 Å².